The molecule has 0 spiro atoms. The number of rotatable bonds is 7. The molecule has 1 heterocycles. The van der Waals surface area contributed by atoms with Gasteiger partial charge in [-0.2, -0.15) is 0 Å². The smallest absolute Gasteiger partial charge is 0.305 e. The van der Waals surface area contributed by atoms with E-state index in [2.05, 4.69) is 10.6 Å². The number of carbonyl (C=O) groups excluding carboxylic acids is 2. The van der Waals surface area contributed by atoms with Crippen molar-refractivity contribution < 1.29 is 19.1 Å². The van der Waals surface area contributed by atoms with Gasteiger partial charge in [0.25, 0.3) is 5.91 Å². The van der Waals surface area contributed by atoms with Crippen LogP contribution < -0.4 is 15.4 Å². The van der Waals surface area contributed by atoms with Crippen molar-refractivity contribution in [2.45, 2.75) is 26.3 Å². The van der Waals surface area contributed by atoms with Gasteiger partial charge in [0.15, 0.2) is 6.61 Å². The third-order valence-electron chi connectivity index (χ3n) is 3.05. The molecule has 0 bridgehead atoms. The number of nitrogens with one attached hydrogen (secondary N) is 2. The SMILES string of the molecule is CCOC(=O)CCCNCc1ccc2c(c1)NC(=O)CO2. The Bertz CT molecular complexity index is 516. The van der Waals surface area contributed by atoms with Crippen LogP contribution in [0.2, 0.25) is 0 Å². The minimum atomic E-state index is -0.159. The third kappa shape index (κ3) is 4.75. The first-order valence-electron chi connectivity index (χ1n) is 7.11. The van der Waals surface area contributed by atoms with Gasteiger partial charge < -0.3 is 20.1 Å². The number of carbonyl (C=O) groups is 2. The van der Waals surface area contributed by atoms with Crippen LogP contribution in [0.1, 0.15) is 25.3 Å². The first kappa shape index (κ1) is 15.3. The van der Waals surface area contributed by atoms with Crippen LogP contribution >= 0.6 is 0 Å². The summed E-state index contributed by atoms with van der Waals surface area (Å²) in [6.45, 7) is 3.70. The molecule has 0 fully saturated rings. The summed E-state index contributed by atoms with van der Waals surface area (Å²) in [6.07, 6.45) is 1.17. The van der Waals surface area contributed by atoms with E-state index in [9.17, 15) is 9.59 Å². The third-order valence-corrected chi connectivity index (χ3v) is 3.05. The zero-order valence-electron chi connectivity index (χ0n) is 12.1. The maximum Gasteiger partial charge on any atom is 0.305 e. The number of amides is 1. The Morgan fingerprint density at radius 2 is 2.33 bits per heavy atom. The van der Waals surface area contributed by atoms with Crippen molar-refractivity contribution in [2.75, 3.05) is 25.1 Å². The van der Waals surface area contributed by atoms with Gasteiger partial charge in [0.1, 0.15) is 5.75 Å². The summed E-state index contributed by atoms with van der Waals surface area (Å²) in [5.41, 5.74) is 1.76. The molecule has 114 valence electrons. The number of hydrogen-bond donors (Lipinski definition) is 2. The monoisotopic (exact) mass is 292 g/mol. The Hall–Kier alpha value is -2.08. The number of ether oxygens (including phenoxy) is 2. The van der Waals surface area contributed by atoms with Crippen LogP contribution in [0.15, 0.2) is 18.2 Å². The molecule has 21 heavy (non-hydrogen) atoms. The zero-order chi connectivity index (χ0) is 15.1. The number of hydrogen-bond acceptors (Lipinski definition) is 5. The van der Waals surface area contributed by atoms with Crippen molar-refractivity contribution in [3.8, 4) is 5.75 Å². The maximum atomic E-state index is 11.3. The zero-order valence-corrected chi connectivity index (χ0v) is 12.1. The van der Waals surface area contributed by atoms with E-state index in [1.54, 1.807) is 6.92 Å². The molecule has 1 aliphatic rings. The maximum absolute atomic E-state index is 11.3. The van der Waals surface area contributed by atoms with Crippen LogP contribution in [-0.4, -0.2) is 31.6 Å². The standard InChI is InChI=1S/C15H20N2O4/c1-2-20-15(19)4-3-7-16-9-11-5-6-13-12(8-11)17-14(18)10-21-13/h5-6,8,16H,2-4,7,9-10H2,1H3,(H,17,18). The van der Waals surface area contributed by atoms with E-state index in [4.69, 9.17) is 9.47 Å². The first-order chi connectivity index (χ1) is 10.2. The van der Waals surface area contributed by atoms with Crippen LogP contribution in [-0.2, 0) is 20.9 Å². The summed E-state index contributed by atoms with van der Waals surface area (Å²) in [6, 6.07) is 5.70. The van der Waals surface area contributed by atoms with Gasteiger partial charge in [0.2, 0.25) is 0 Å². The highest BCUT2D eigenvalue weighted by atomic mass is 16.5. The lowest BCUT2D eigenvalue weighted by molar-refractivity contribution is -0.143. The normalized spacial score (nSPS) is 13.1. The van der Waals surface area contributed by atoms with E-state index in [1.165, 1.54) is 0 Å². The Balaban J connectivity index is 1.73. The number of esters is 1. The summed E-state index contributed by atoms with van der Waals surface area (Å²) in [7, 11) is 0. The molecule has 0 atom stereocenters. The Labute approximate surface area is 123 Å². The van der Waals surface area contributed by atoms with Crippen LogP contribution in [0.5, 0.6) is 5.75 Å². The minimum absolute atomic E-state index is 0.0679. The fraction of sp³-hybridized carbons (Fsp3) is 0.467. The van der Waals surface area contributed by atoms with Crippen LogP contribution in [0.25, 0.3) is 0 Å². The van der Waals surface area contributed by atoms with Gasteiger partial charge in [-0.15, -0.1) is 0 Å². The molecule has 2 rings (SSSR count). The van der Waals surface area contributed by atoms with Crippen molar-refractivity contribution in [3.63, 3.8) is 0 Å². The molecule has 1 aromatic carbocycles. The van der Waals surface area contributed by atoms with E-state index in [1.807, 2.05) is 18.2 Å². The predicted molar refractivity (Wildman–Crippen MR) is 78.1 cm³/mol. The Kier molecular flexibility index (Phi) is 5.57. The molecule has 2 N–H and O–H groups in total. The topological polar surface area (TPSA) is 76.7 Å². The second-order valence-corrected chi connectivity index (χ2v) is 4.75. The molecular formula is C15H20N2O4. The average Bonchev–Trinajstić information content (AvgIpc) is 2.46. The molecule has 1 aliphatic heterocycles. The largest absolute Gasteiger partial charge is 0.482 e. The summed E-state index contributed by atoms with van der Waals surface area (Å²) in [5.74, 6) is 0.399. The van der Waals surface area contributed by atoms with Crippen molar-refractivity contribution in [1.82, 2.24) is 5.32 Å². The lowest BCUT2D eigenvalue weighted by Crippen LogP contribution is -2.25. The van der Waals surface area contributed by atoms with E-state index < -0.39 is 0 Å². The molecule has 1 aromatic rings. The molecule has 1 amide bonds. The number of anilines is 1. The van der Waals surface area contributed by atoms with Gasteiger partial charge in [0, 0.05) is 13.0 Å². The van der Waals surface area contributed by atoms with Gasteiger partial charge in [0.05, 0.1) is 12.3 Å². The molecule has 0 saturated carbocycles. The summed E-state index contributed by atoms with van der Waals surface area (Å²) in [5, 5.41) is 6.03. The lowest BCUT2D eigenvalue weighted by Gasteiger charge is -2.18. The van der Waals surface area contributed by atoms with Crippen molar-refractivity contribution in [3.05, 3.63) is 23.8 Å². The Morgan fingerprint density at radius 1 is 1.48 bits per heavy atom. The Morgan fingerprint density at radius 3 is 3.14 bits per heavy atom. The van der Waals surface area contributed by atoms with E-state index in [0.717, 1.165) is 18.5 Å². The predicted octanol–water partition coefficient (Wildman–Crippen LogP) is 1.45. The van der Waals surface area contributed by atoms with Crippen molar-refractivity contribution >= 4 is 17.6 Å². The van der Waals surface area contributed by atoms with Crippen molar-refractivity contribution in [2.24, 2.45) is 0 Å². The number of fused-ring (bicyclic) bond motifs is 1. The van der Waals surface area contributed by atoms with E-state index in [-0.39, 0.29) is 18.5 Å². The van der Waals surface area contributed by atoms with E-state index >= 15 is 0 Å². The second kappa shape index (κ2) is 7.64. The quantitative estimate of drug-likeness (QED) is 0.587. The van der Waals surface area contributed by atoms with Crippen LogP contribution in [0.3, 0.4) is 0 Å². The average molecular weight is 292 g/mol. The van der Waals surface area contributed by atoms with Gasteiger partial charge in [-0.05, 0) is 37.6 Å². The van der Waals surface area contributed by atoms with Gasteiger partial charge >= 0.3 is 5.97 Å². The molecule has 0 saturated heterocycles. The van der Waals surface area contributed by atoms with Crippen LogP contribution in [0, 0.1) is 0 Å². The highest BCUT2D eigenvalue weighted by Gasteiger charge is 2.15. The highest BCUT2D eigenvalue weighted by Crippen LogP contribution is 2.28. The molecule has 6 heteroatoms. The van der Waals surface area contributed by atoms with Crippen LogP contribution in [0.4, 0.5) is 5.69 Å². The molecular weight excluding hydrogens is 272 g/mol. The molecule has 0 radical (unpaired) electrons. The first-order valence-corrected chi connectivity index (χ1v) is 7.11. The number of benzene rings is 1. The second-order valence-electron chi connectivity index (χ2n) is 4.75. The van der Waals surface area contributed by atoms with Gasteiger partial charge in [-0.1, -0.05) is 6.07 Å². The summed E-state index contributed by atoms with van der Waals surface area (Å²) in [4.78, 5) is 22.4. The van der Waals surface area contributed by atoms with Gasteiger partial charge in [-0.25, -0.2) is 0 Å². The van der Waals surface area contributed by atoms with E-state index in [0.29, 0.717) is 31.0 Å². The molecule has 6 nitrogen and oxygen atoms in total. The fourth-order valence-electron chi connectivity index (χ4n) is 2.06. The molecule has 0 aliphatic carbocycles. The van der Waals surface area contributed by atoms with Gasteiger partial charge in [-0.3, -0.25) is 9.59 Å². The fourth-order valence-corrected chi connectivity index (χ4v) is 2.06. The van der Waals surface area contributed by atoms with Crippen molar-refractivity contribution in [1.29, 1.82) is 0 Å². The summed E-state index contributed by atoms with van der Waals surface area (Å²) >= 11 is 0. The highest BCUT2D eigenvalue weighted by molar-refractivity contribution is 5.95. The summed E-state index contributed by atoms with van der Waals surface area (Å²) < 4.78 is 10.2. The molecule has 0 aromatic heterocycles. The minimum Gasteiger partial charge on any atom is -0.482 e. The lowest BCUT2D eigenvalue weighted by atomic mass is 10.1. The molecule has 0 unspecified atom stereocenters.